The smallest absolute Gasteiger partial charge is 0.263 e. The van der Waals surface area contributed by atoms with E-state index in [1.807, 2.05) is 53.4 Å². The molecule has 1 unspecified atom stereocenters. The minimum Gasteiger partial charge on any atom is -0.481 e. The highest BCUT2D eigenvalue weighted by molar-refractivity contribution is 9.10. The van der Waals surface area contributed by atoms with E-state index in [2.05, 4.69) is 21.2 Å². The summed E-state index contributed by atoms with van der Waals surface area (Å²) in [6, 6.07) is 15.7. The standard InChI is InChI=1S/C23H25BrN2O3/c1-15(29-21-12-6-18(24)7-13-21)23(28)26(20-10-11-20)14-16-2-4-17(5-3-16)22(27)25-19-8-9-19/h2-7,12-13,15,19-20H,8-11,14H2,1H3,(H,25,27). The van der Waals surface area contributed by atoms with E-state index < -0.39 is 6.10 Å². The molecule has 2 aliphatic rings. The third-order valence-electron chi connectivity index (χ3n) is 5.23. The Hall–Kier alpha value is -2.34. The van der Waals surface area contributed by atoms with Gasteiger partial charge in [-0.3, -0.25) is 9.59 Å². The SMILES string of the molecule is CC(Oc1ccc(Br)cc1)C(=O)N(Cc1ccc(C(=O)NC2CC2)cc1)C1CC1. The highest BCUT2D eigenvalue weighted by Gasteiger charge is 2.35. The van der Waals surface area contributed by atoms with Gasteiger partial charge in [0.15, 0.2) is 6.10 Å². The summed E-state index contributed by atoms with van der Waals surface area (Å²) in [5.41, 5.74) is 1.68. The van der Waals surface area contributed by atoms with Crippen LogP contribution in [0.3, 0.4) is 0 Å². The molecule has 4 rings (SSSR count). The van der Waals surface area contributed by atoms with Crippen molar-refractivity contribution in [1.82, 2.24) is 10.2 Å². The molecular formula is C23H25BrN2O3. The Labute approximate surface area is 179 Å². The number of halogens is 1. The fraction of sp³-hybridized carbons (Fsp3) is 0.391. The largest absolute Gasteiger partial charge is 0.481 e. The number of carbonyl (C=O) groups excluding carboxylic acids is 2. The first kappa shape index (κ1) is 20.0. The van der Waals surface area contributed by atoms with E-state index in [0.29, 0.717) is 23.9 Å². The molecule has 152 valence electrons. The quantitative estimate of drug-likeness (QED) is 0.643. The van der Waals surface area contributed by atoms with Gasteiger partial charge in [0, 0.05) is 28.7 Å². The van der Waals surface area contributed by atoms with Crippen molar-refractivity contribution in [2.45, 2.75) is 57.3 Å². The van der Waals surface area contributed by atoms with Crippen molar-refractivity contribution < 1.29 is 14.3 Å². The Morgan fingerprint density at radius 1 is 1.07 bits per heavy atom. The van der Waals surface area contributed by atoms with Crippen molar-refractivity contribution >= 4 is 27.7 Å². The number of nitrogens with one attached hydrogen (secondary N) is 1. The molecule has 1 atom stereocenters. The van der Waals surface area contributed by atoms with Crippen LogP contribution in [0.4, 0.5) is 0 Å². The lowest BCUT2D eigenvalue weighted by Gasteiger charge is -2.26. The van der Waals surface area contributed by atoms with Gasteiger partial charge in [-0.25, -0.2) is 0 Å². The molecule has 0 aliphatic heterocycles. The molecule has 29 heavy (non-hydrogen) atoms. The van der Waals surface area contributed by atoms with Gasteiger partial charge in [0.2, 0.25) is 0 Å². The van der Waals surface area contributed by atoms with E-state index in [1.165, 1.54) is 0 Å². The van der Waals surface area contributed by atoms with Gasteiger partial charge in [0.05, 0.1) is 0 Å². The van der Waals surface area contributed by atoms with E-state index in [-0.39, 0.29) is 17.9 Å². The average molecular weight is 457 g/mol. The van der Waals surface area contributed by atoms with Crippen LogP contribution in [0.25, 0.3) is 0 Å². The Morgan fingerprint density at radius 3 is 2.31 bits per heavy atom. The van der Waals surface area contributed by atoms with Crippen molar-refractivity contribution in [3.05, 3.63) is 64.1 Å². The Morgan fingerprint density at radius 2 is 1.72 bits per heavy atom. The normalized spacial score (nSPS) is 16.8. The number of amides is 2. The third kappa shape index (κ3) is 5.38. The molecule has 2 saturated carbocycles. The van der Waals surface area contributed by atoms with E-state index in [4.69, 9.17) is 4.74 Å². The summed E-state index contributed by atoms with van der Waals surface area (Å²) in [7, 11) is 0. The Kier molecular flexibility index (Phi) is 5.90. The zero-order valence-electron chi connectivity index (χ0n) is 16.4. The predicted octanol–water partition coefficient (Wildman–Crippen LogP) is 4.30. The number of carbonyl (C=O) groups is 2. The number of nitrogens with zero attached hydrogens (tertiary/aromatic N) is 1. The zero-order valence-corrected chi connectivity index (χ0v) is 18.0. The molecule has 1 N–H and O–H groups in total. The lowest BCUT2D eigenvalue weighted by molar-refractivity contribution is -0.139. The van der Waals surface area contributed by atoms with Gasteiger partial charge in [-0.1, -0.05) is 28.1 Å². The molecule has 2 amide bonds. The van der Waals surface area contributed by atoms with E-state index in [9.17, 15) is 9.59 Å². The molecule has 0 radical (unpaired) electrons. The van der Waals surface area contributed by atoms with Crippen molar-refractivity contribution in [3.8, 4) is 5.75 Å². The maximum atomic E-state index is 13.0. The minimum absolute atomic E-state index is 0.00836. The van der Waals surface area contributed by atoms with E-state index >= 15 is 0 Å². The second-order valence-corrected chi connectivity index (χ2v) is 8.77. The van der Waals surface area contributed by atoms with Gasteiger partial charge < -0.3 is 15.0 Å². The summed E-state index contributed by atoms with van der Waals surface area (Å²) in [5.74, 6) is 0.646. The second kappa shape index (κ2) is 8.57. The number of rotatable bonds is 8. The topological polar surface area (TPSA) is 58.6 Å². The average Bonchev–Trinajstić information content (AvgIpc) is 3.62. The molecule has 0 bridgehead atoms. The van der Waals surface area contributed by atoms with Crippen molar-refractivity contribution in [3.63, 3.8) is 0 Å². The van der Waals surface area contributed by atoms with E-state index in [0.717, 1.165) is 35.7 Å². The Bertz CT molecular complexity index is 874. The van der Waals surface area contributed by atoms with Crippen LogP contribution in [-0.2, 0) is 11.3 Å². The maximum absolute atomic E-state index is 13.0. The van der Waals surface area contributed by atoms with Crippen LogP contribution in [-0.4, -0.2) is 34.9 Å². The molecule has 0 spiro atoms. The van der Waals surface area contributed by atoms with Crippen LogP contribution < -0.4 is 10.1 Å². The lowest BCUT2D eigenvalue weighted by atomic mass is 10.1. The molecule has 0 saturated heterocycles. The van der Waals surface area contributed by atoms with Gasteiger partial charge in [-0.2, -0.15) is 0 Å². The lowest BCUT2D eigenvalue weighted by Crippen LogP contribution is -2.41. The van der Waals surface area contributed by atoms with Gasteiger partial charge in [0.1, 0.15) is 5.75 Å². The first-order valence-electron chi connectivity index (χ1n) is 10.1. The fourth-order valence-electron chi connectivity index (χ4n) is 3.23. The summed E-state index contributed by atoms with van der Waals surface area (Å²) >= 11 is 3.40. The number of benzene rings is 2. The van der Waals surface area contributed by atoms with Gasteiger partial charge >= 0.3 is 0 Å². The molecule has 2 aromatic carbocycles. The van der Waals surface area contributed by atoms with Crippen LogP contribution >= 0.6 is 15.9 Å². The highest BCUT2D eigenvalue weighted by atomic mass is 79.9. The van der Waals surface area contributed by atoms with Crippen LogP contribution in [0.2, 0.25) is 0 Å². The van der Waals surface area contributed by atoms with Crippen molar-refractivity contribution in [2.24, 2.45) is 0 Å². The molecule has 2 fully saturated rings. The second-order valence-electron chi connectivity index (χ2n) is 7.86. The monoisotopic (exact) mass is 456 g/mol. The molecule has 2 aliphatic carbocycles. The summed E-state index contributed by atoms with van der Waals surface area (Å²) in [5, 5.41) is 3.00. The van der Waals surface area contributed by atoms with Crippen LogP contribution in [0.15, 0.2) is 53.0 Å². The van der Waals surface area contributed by atoms with Crippen LogP contribution in [0, 0.1) is 0 Å². The van der Waals surface area contributed by atoms with Gasteiger partial charge in [-0.15, -0.1) is 0 Å². The van der Waals surface area contributed by atoms with Crippen LogP contribution in [0.5, 0.6) is 5.75 Å². The van der Waals surface area contributed by atoms with Crippen LogP contribution in [0.1, 0.15) is 48.5 Å². The first-order valence-corrected chi connectivity index (χ1v) is 10.9. The molecule has 2 aromatic rings. The fourth-order valence-corrected chi connectivity index (χ4v) is 3.49. The predicted molar refractivity (Wildman–Crippen MR) is 115 cm³/mol. The van der Waals surface area contributed by atoms with E-state index in [1.54, 1.807) is 6.92 Å². The van der Waals surface area contributed by atoms with Crippen molar-refractivity contribution in [1.29, 1.82) is 0 Å². The Balaban J connectivity index is 1.38. The zero-order chi connectivity index (χ0) is 20.4. The summed E-state index contributed by atoms with van der Waals surface area (Å²) in [6.45, 7) is 2.33. The van der Waals surface area contributed by atoms with Gasteiger partial charge in [-0.05, 0) is 74.6 Å². The number of ether oxygens (including phenoxy) is 1. The summed E-state index contributed by atoms with van der Waals surface area (Å²) in [4.78, 5) is 27.1. The van der Waals surface area contributed by atoms with Crippen molar-refractivity contribution in [2.75, 3.05) is 0 Å². The molecule has 6 heteroatoms. The summed E-state index contributed by atoms with van der Waals surface area (Å²) < 4.78 is 6.83. The summed E-state index contributed by atoms with van der Waals surface area (Å²) in [6.07, 6.45) is 3.64. The molecule has 0 aromatic heterocycles. The molecule has 5 nitrogen and oxygen atoms in total. The first-order chi connectivity index (χ1) is 14.0. The maximum Gasteiger partial charge on any atom is 0.263 e. The number of hydrogen-bond acceptors (Lipinski definition) is 3. The van der Waals surface area contributed by atoms with Gasteiger partial charge in [0.25, 0.3) is 11.8 Å². The number of hydrogen-bond donors (Lipinski definition) is 1. The molecular weight excluding hydrogens is 432 g/mol. The minimum atomic E-state index is -0.555. The molecule has 0 heterocycles. The highest BCUT2D eigenvalue weighted by Crippen LogP contribution is 2.30. The third-order valence-corrected chi connectivity index (χ3v) is 5.76.